The van der Waals surface area contributed by atoms with E-state index >= 15 is 0 Å². The van der Waals surface area contributed by atoms with E-state index in [1.807, 2.05) is 0 Å². The van der Waals surface area contributed by atoms with Gasteiger partial charge in [0, 0.05) is 6.54 Å². The molecule has 0 radical (unpaired) electrons. The van der Waals surface area contributed by atoms with E-state index < -0.39 is 11.7 Å². The number of rotatable bonds is 3. The van der Waals surface area contributed by atoms with Crippen molar-refractivity contribution in [3.8, 4) is 0 Å². The molecule has 1 aromatic rings. The quantitative estimate of drug-likeness (QED) is 0.581. The molecule has 0 heterocycles. The van der Waals surface area contributed by atoms with Gasteiger partial charge in [0.1, 0.15) is 0 Å². The average Bonchev–Trinajstić information content (AvgIpc) is 2.14. The number of hydrogen-bond donors (Lipinski definition) is 2. The molecule has 0 aliphatic heterocycles. The van der Waals surface area contributed by atoms with Crippen molar-refractivity contribution in [2.24, 2.45) is 5.84 Å². The number of nitrogens with one attached hydrogen (secondary N) is 1. The van der Waals surface area contributed by atoms with Gasteiger partial charge in [-0.15, -0.1) is 0 Å². The van der Waals surface area contributed by atoms with E-state index in [1.165, 1.54) is 6.07 Å². The van der Waals surface area contributed by atoms with Crippen LogP contribution in [0.4, 0.5) is 13.2 Å². The lowest BCUT2D eigenvalue weighted by Gasteiger charge is -2.08. The maximum Gasteiger partial charge on any atom is 0.416 e. The standard InChI is InChI=1S/C9H11F3N2/c10-9(11,12)8-3-1-2-7(6-8)4-5-14-13/h1-3,6,14H,4-5,13H2. The highest BCUT2D eigenvalue weighted by Crippen LogP contribution is 2.29. The van der Waals surface area contributed by atoms with Crippen LogP contribution >= 0.6 is 0 Å². The second-order valence-corrected chi connectivity index (χ2v) is 2.90. The van der Waals surface area contributed by atoms with E-state index in [-0.39, 0.29) is 0 Å². The molecule has 78 valence electrons. The molecule has 5 heteroatoms. The Morgan fingerprint density at radius 1 is 1.29 bits per heavy atom. The van der Waals surface area contributed by atoms with Gasteiger partial charge >= 0.3 is 6.18 Å². The molecule has 1 aromatic carbocycles. The first kappa shape index (κ1) is 11.0. The molecule has 0 saturated heterocycles. The van der Waals surface area contributed by atoms with Gasteiger partial charge in [-0.25, -0.2) is 0 Å². The van der Waals surface area contributed by atoms with Crippen molar-refractivity contribution in [3.63, 3.8) is 0 Å². The summed E-state index contributed by atoms with van der Waals surface area (Å²) in [4.78, 5) is 0. The maximum atomic E-state index is 12.2. The van der Waals surface area contributed by atoms with Crippen LogP contribution in [0.5, 0.6) is 0 Å². The second-order valence-electron chi connectivity index (χ2n) is 2.90. The Hall–Kier alpha value is -1.07. The Morgan fingerprint density at radius 2 is 2.00 bits per heavy atom. The van der Waals surface area contributed by atoms with Gasteiger partial charge in [-0.2, -0.15) is 13.2 Å². The smallest absolute Gasteiger partial charge is 0.271 e. The van der Waals surface area contributed by atoms with Crippen LogP contribution in [-0.2, 0) is 12.6 Å². The fourth-order valence-corrected chi connectivity index (χ4v) is 1.12. The maximum absolute atomic E-state index is 12.2. The van der Waals surface area contributed by atoms with Gasteiger partial charge in [0.05, 0.1) is 5.56 Å². The zero-order valence-electron chi connectivity index (χ0n) is 7.43. The van der Waals surface area contributed by atoms with Gasteiger partial charge < -0.3 is 0 Å². The molecule has 0 aliphatic rings. The summed E-state index contributed by atoms with van der Waals surface area (Å²) < 4.78 is 36.7. The van der Waals surface area contributed by atoms with Gasteiger partial charge in [-0.05, 0) is 18.1 Å². The second kappa shape index (κ2) is 4.43. The number of hydrazine groups is 1. The third-order valence-electron chi connectivity index (χ3n) is 1.81. The number of benzene rings is 1. The molecule has 0 saturated carbocycles. The Kier molecular flexibility index (Phi) is 3.49. The molecule has 0 aromatic heterocycles. The van der Waals surface area contributed by atoms with Crippen molar-refractivity contribution in [1.29, 1.82) is 0 Å². The number of alkyl halides is 3. The first-order chi connectivity index (χ1) is 6.54. The molecule has 0 amide bonds. The SMILES string of the molecule is NNCCc1cccc(C(F)(F)F)c1. The zero-order valence-corrected chi connectivity index (χ0v) is 7.43. The summed E-state index contributed by atoms with van der Waals surface area (Å²) >= 11 is 0. The Morgan fingerprint density at radius 3 is 2.57 bits per heavy atom. The molecule has 0 atom stereocenters. The Labute approximate surface area is 79.9 Å². The molecule has 14 heavy (non-hydrogen) atoms. The Bertz CT molecular complexity index is 296. The lowest BCUT2D eigenvalue weighted by Crippen LogP contribution is -2.24. The minimum atomic E-state index is -4.27. The molecule has 0 aliphatic carbocycles. The third kappa shape index (κ3) is 3.01. The number of hydrogen-bond acceptors (Lipinski definition) is 2. The fraction of sp³-hybridized carbons (Fsp3) is 0.333. The minimum absolute atomic E-state index is 0.460. The summed E-state index contributed by atoms with van der Waals surface area (Å²) in [6, 6.07) is 5.23. The van der Waals surface area contributed by atoms with Crippen molar-refractivity contribution in [2.75, 3.05) is 6.54 Å². The van der Waals surface area contributed by atoms with Crippen molar-refractivity contribution in [3.05, 3.63) is 35.4 Å². The fourth-order valence-electron chi connectivity index (χ4n) is 1.12. The number of nitrogens with two attached hydrogens (primary N) is 1. The molecule has 0 bridgehead atoms. The molecule has 0 fully saturated rings. The molecular formula is C9H11F3N2. The summed E-state index contributed by atoms with van der Waals surface area (Å²) in [5.74, 6) is 5.03. The monoisotopic (exact) mass is 204 g/mol. The van der Waals surface area contributed by atoms with Crippen molar-refractivity contribution in [1.82, 2.24) is 5.43 Å². The van der Waals surface area contributed by atoms with Crippen molar-refractivity contribution >= 4 is 0 Å². The van der Waals surface area contributed by atoms with Gasteiger partial charge in [0.2, 0.25) is 0 Å². The first-order valence-electron chi connectivity index (χ1n) is 4.13. The van der Waals surface area contributed by atoms with Crippen LogP contribution in [0.3, 0.4) is 0 Å². The Balaban J connectivity index is 2.79. The molecule has 0 unspecified atom stereocenters. The average molecular weight is 204 g/mol. The van der Waals surface area contributed by atoms with Crippen LogP contribution < -0.4 is 11.3 Å². The van der Waals surface area contributed by atoms with E-state index in [9.17, 15) is 13.2 Å². The summed E-state index contributed by atoms with van der Waals surface area (Å²) in [6.07, 6.45) is -3.79. The summed E-state index contributed by atoms with van der Waals surface area (Å²) in [5.41, 5.74) is 2.40. The molecule has 3 N–H and O–H groups in total. The third-order valence-corrected chi connectivity index (χ3v) is 1.81. The van der Waals surface area contributed by atoms with Crippen LogP contribution in [-0.4, -0.2) is 6.54 Å². The number of halogens is 3. The highest BCUT2D eigenvalue weighted by atomic mass is 19.4. The van der Waals surface area contributed by atoms with E-state index in [0.717, 1.165) is 12.1 Å². The van der Waals surface area contributed by atoms with E-state index in [0.29, 0.717) is 18.5 Å². The van der Waals surface area contributed by atoms with Gasteiger partial charge in [0.15, 0.2) is 0 Å². The lowest BCUT2D eigenvalue weighted by atomic mass is 10.1. The van der Waals surface area contributed by atoms with Crippen molar-refractivity contribution in [2.45, 2.75) is 12.6 Å². The van der Waals surface area contributed by atoms with E-state index in [2.05, 4.69) is 5.43 Å². The van der Waals surface area contributed by atoms with Crippen LogP contribution in [0, 0.1) is 0 Å². The summed E-state index contributed by atoms with van der Waals surface area (Å²) in [6.45, 7) is 0.460. The zero-order chi connectivity index (χ0) is 10.6. The first-order valence-corrected chi connectivity index (χ1v) is 4.13. The van der Waals surface area contributed by atoms with Gasteiger partial charge in [0.25, 0.3) is 0 Å². The highest BCUT2D eigenvalue weighted by Gasteiger charge is 2.30. The van der Waals surface area contributed by atoms with Gasteiger partial charge in [-0.3, -0.25) is 11.3 Å². The minimum Gasteiger partial charge on any atom is -0.271 e. The largest absolute Gasteiger partial charge is 0.416 e. The van der Waals surface area contributed by atoms with E-state index in [4.69, 9.17) is 5.84 Å². The van der Waals surface area contributed by atoms with Crippen LogP contribution in [0.25, 0.3) is 0 Å². The normalized spacial score (nSPS) is 11.7. The molecular weight excluding hydrogens is 193 g/mol. The summed E-state index contributed by atoms with van der Waals surface area (Å²) in [7, 11) is 0. The van der Waals surface area contributed by atoms with Gasteiger partial charge in [-0.1, -0.05) is 18.2 Å². The molecule has 2 nitrogen and oxygen atoms in total. The van der Waals surface area contributed by atoms with Crippen molar-refractivity contribution < 1.29 is 13.2 Å². The summed E-state index contributed by atoms with van der Waals surface area (Å²) in [5, 5.41) is 0. The topological polar surface area (TPSA) is 38.0 Å². The van der Waals surface area contributed by atoms with Crippen LogP contribution in [0.15, 0.2) is 24.3 Å². The predicted octanol–water partition coefficient (Wildman–Crippen LogP) is 1.71. The molecule has 1 rings (SSSR count). The van der Waals surface area contributed by atoms with Crippen LogP contribution in [0.2, 0.25) is 0 Å². The lowest BCUT2D eigenvalue weighted by molar-refractivity contribution is -0.137. The van der Waals surface area contributed by atoms with Crippen LogP contribution in [0.1, 0.15) is 11.1 Å². The highest BCUT2D eigenvalue weighted by molar-refractivity contribution is 5.25. The molecule has 0 spiro atoms. The predicted molar refractivity (Wildman–Crippen MR) is 47.3 cm³/mol. The van der Waals surface area contributed by atoms with E-state index in [1.54, 1.807) is 6.07 Å².